The van der Waals surface area contributed by atoms with Crippen molar-refractivity contribution in [3.05, 3.63) is 223 Å². The van der Waals surface area contributed by atoms with Gasteiger partial charge < -0.3 is 4.90 Å². The molecule has 9 aromatic carbocycles. The lowest BCUT2D eigenvalue weighted by molar-refractivity contribution is 0.660. The van der Waals surface area contributed by atoms with Crippen molar-refractivity contribution in [3.63, 3.8) is 0 Å². The van der Waals surface area contributed by atoms with Gasteiger partial charge in [0.15, 0.2) is 0 Å². The molecule has 0 aromatic heterocycles. The third-order valence-electron chi connectivity index (χ3n) is 11.7. The first-order chi connectivity index (χ1) is 27.6. The summed E-state index contributed by atoms with van der Waals surface area (Å²) < 4.78 is 0. The minimum atomic E-state index is -0.0573. The van der Waals surface area contributed by atoms with Crippen LogP contribution in [0.15, 0.2) is 212 Å². The van der Waals surface area contributed by atoms with Crippen LogP contribution in [-0.2, 0) is 5.41 Å². The third kappa shape index (κ3) is 5.63. The van der Waals surface area contributed by atoms with Gasteiger partial charge in [0, 0.05) is 22.4 Å². The molecule has 0 bridgehead atoms. The average Bonchev–Trinajstić information content (AvgIpc) is 3.49. The van der Waals surface area contributed by atoms with Gasteiger partial charge in [0.05, 0.1) is 5.69 Å². The number of nitrogens with zero attached hydrogens (tertiary/aromatic N) is 1. The van der Waals surface area contributed by atoms with Gasteiger partial charge in [0.2, 0.25) is 0 Å². The summed E-state index contributed by atoms with van der Waals surface area (Å²) in [7, 11) is 0. The van der Waals surface area contributed by atoms with Gasteiger partial charge in [-0.1, -0.05) is 196 Å². The molecule has 1 aliphatic rings. The number of para-hydroxylation sites is 1. The summed E-state index contributed by atoms with van der Waals surface area (Å²) in [4.78, 5) is 2.43. The zero-order valence-electron chi connectivity index (χ0n) is 31.7. The smallest absolute Gasteiger partial charge is 0.0540 e. The van der Waals surface area contributed by atoms with E-state index in [9.17, 15) is 0 Å². The zero-order valence-corrected chi connectivity index (χ0v) is 31.7. The van der Waals surface area contributed by atoms with E-state index < -0.39 is 0 Å². The molecule has 0 saturated carbocycles. The number of fused-ring (bicyclic) bond motifs is 4. The molecule has 0 unspecified atom stereocenters. The van der Waals surface area contributed by atoms with Crippen LogP contribution in [0.3, 0.4) is 0 Å². The Hall–Kier alpha value is -6.96. The Morgan fingerprint density at radius 2 is 0.821 bits per heavy atom. The van der Waals surface area contributed by atoms with Crippen LogP contribution in [0, 0.1) is 0 Å². The summed E-state index contributed by atoms with van der Waals surface area (Å²) in [6, 6.07) is 77.5. The zero-order chi connectivity index (χ0) is 37.6. The molecule has 9 aromatic rings. The molecule has 0 radical (unpaired) electrons. The molecule has 0 saturated heterocycles. The summed E-state index contributed by atoms with van der Waals surface area (Å²) in [5.41, 5.74) is 18.4. The Morgan fingerprint density at radius 1 is 0.321 bits per heavy atom. The average molecular weight is 716 g/mol. The topological polar surface area (TPSA) is 3.24 Å². The molecule has 10 rings (SSSR count). The predicted octanol–water partition coefficient (Wildman–Crippen LogP) is 15.3. The van der Waals surface area contributed by atoms with E-state index in [1.807, 2.05) is 0 Å². The lowest BCUT2D eigenvalue weighted by Crippen LogP contribution is -2.15. The highest BCUT2D eigenvalue weighted by atomic mass is 15.1. The highest BCUT2D eigenvalue weighted by molar-refractivity contribution is 6.08. The molecule has 0 N–H and O–H groups in total. The highest BCUT2D eigenvalue weighted by Gasteiger charge is 2.35. The molecule has 1 heteroatoms. The standard InChI is InChI=1S/C55H41N/c1-55(2)51-29-13-11-26-48(51)50-37-43(35-36-52(50)55)56(53-30-14-12-24-45(53)38-17-5-3-6-18-38)42-33-31-40(32-34-42)44-23-9-10-25-47(44)49-28-16-22-41-21-15-27-46(54(41)49)39-19-7-4-8-20-39/h3-37H,1-2H3. The molecule has 266 valence electrons. The minimum absolute atomic E-state index is 0.0573. The van der Waals surface area contributed by atoms with Gasteiger partial charge in [-0.2, -0.15) is 0 Å². The van der Waals surface area contributed by atoms with Gasteiger partial charge in [-0.25, -0.2) is 0 Å². The van der Waals surface area contributed by atoms with Crippen LogP contribution in [0.25, 0.3) is 66.4 Å². The number of anilines is 3. The molecule has 0 fully saturated rings. The molecule has 0 atom stereocenters. The Kier molecular flexibility index (Phi) is 8.23. The van der Waals surface area contributed by atoms with Crippen LogP contribution in [0.4, 0.5) is 17.1 Å². The molecule has 0 aliphatic heterocycles. The van der Waals surface area contributed by atoms with Crippen molar-refractivity contribution in [1.29, 1.82) is 0 Å². The summed E-state index contributed by atoms with van der Waals surface area (Å²) in [5.74, 6) is 0. The second-order valence-electron chi connectivity index (χ2n) is 15.3. The van der Waals surface area contributed by atoms with Gasteiger partial charge in [0.25, 0.3) is 0 Å². The maximum atomic E-state index is 2.43. The maximum absolute atomic E-state index is 2.43. The molecule has 56 heavy (non-hydrogen) atoms. The van der Waals surface area contributed by atoms with E-state index in [1.165, 1.54) is 77.5 Å². The minimum Gasteiger partial charge on any atom is -0.310 e. The Bertz CT molecular complexity index is 2860. The number of benzene rings is 9. The number of hydrogen-bond donors (Lipinski definition) is 0. The molecule has 1 aliphatic carbocycles. The van der Waals surface area contributed by atoms with Gasteiger partial charge >= 0.3 is 0 Å². The number of hydrogen-bond acceptors (Lipinski definition) is 1. The fourth-order valence-electron chi connectivity index (χ4n) is 8.99. The van der Waals surface area contributed by atoms with Crippen molar-refractivity contribution in [1.82, 2.24) is 0 Å². The van der Waals surface area contributed by atoms with E-state index in [-0.39, 0.29) is 5.41 Å². The van der Waals surface area contributed by atoms with Gasteiger partial charge in [0.1, 0.15) is 0 Å². The quantitative estimate of drug-likeness (QED) is 0.159. The van der Waals surface area contributed by atoms with E-state index in [4.69, 9.17) is 0 Å². The van der Waals surface area contributed by atoms with Crippen molar-refractivity contribution in [2.24, 2.45) is 0 Å². The van der Waals surface area contributed by atoms with E-state index in [2.05, 4.69) is 231 Å². The first-order valence-electron chi connectivity index (χ1n) is 19.5. The van der Waals surface area contributed by atoms with E-state index in [0.717, 1.165) is 17.1 Å². The van der Waals surface area contributed by atoms with Crippen molar-refractivity contribution in [3.8, 4) is 55.6 Å². The summed E-state index contributed by atoms with van der Waals surface area (Å²) in [5, 5.41) is 2.51. The lowest BCUT2D eigenvalue weighted by atomic mass is 9.82. The number of rotatable bonds is 7. The van der Waals surface area contributed by atoms with Crippen LogP contribution in [-0.4, -0.2) is 0 Å². The molecule has 0 amide bonds. The predicted molar refractivity (Wildman–Crippen MR) is 238 cm³/mol. The molecule has 1 nitrogen and oxygen atoms in total. The Morgan fingerprint density at radius 3 is 1.54 bits per heavy atom. The van der Waals surface area contributed by atoms with Crippen LogP contribution >= 0.6 is 0 Å². The maximum Gasteiger partial charge on any atom is 0.0540 e. The molecule has 0 spiro atoms. The SMILES string of the molecule is CC1(C)c2ccccc2-c2cc(N(c3ccc(-c4ccccc4-c4cccc5cccc(-c6ccccc6)c45)cc3)c3ccccc3-c3ccccc3)ccc21. The molecular weight excluding hydrogens is 675 g/mol. The molecular formula is C55H41N. The first kappa shape index (κ1) is 33.6. The second-order valence-corrected chi connectivity index (χ2v) is 15.3. The van der Waals surface area contributed by atoms with Crippen LogP contribution in [0.1, 0.15) is 25.0 Å². The van der Waals surface area contributed by atoms with Crippen molar-refractivity contribution >= 4 is 27.8 Å². The summed E-state index contributed by atoms with van der Waals surface area (Å²) >= 11 is 0. The monoisotopic (exact) mass is 715 g/mol. The molecule has 0 heterocycles. The van der Waals surface area contributed by atoms with Gasteiger partial charge in [-0.05, 0) is 102 Å². The van der Waals surface area contributed by atoms with E-state index in [0.29, 0.717) is 0 Å². The fraction of sp³-hybridized carbons (Fsp3) is 0.0545. The highest BCUT2D eigenvalue weighted by Crippen LogP contribution is 2.51. The van der Waals surface area contributed by atoms with Crippen LogP contribution in [0.2, 0.25) is 0 Å². The summed E-state index contributed by atoms with van der Waals surface area (Å²) in [6.07, 6.45) is 0. The summed E-state index contributed by atoms with van der Waals surface area (Å²) in [6.45, 7) is 4.69. The Balaban J connectivity index is 1.12. The van der Waals surface area contributed by atoms with Gasteiger partial charge in [-0.3, -0.25) is 0 Å². The van der Waals surface area contributed by atoms with E-state index in [1.54, 1.807) is 0 Å². The van der Waals surface area contributed by atoms with E-state index >= 15 is 0 Å². The van der Waals surface area contributed by atoms with Crippen LogP contribution in [0.5, 0.6) is 0 Å². The third-order valence-corrected chi connectivity index (χ3v) is 11.7. The normalized spacial score (nSPS) is 12.6. The second kappa shape index (κ2) is 13.7. The largest absolute Gasteiger partial charge is 0.310 e. The van der Waals surface area contributed by atoms with Crippen molar-refractivity contribution < 1.29 is 0 Å². The first-order valence-corrected chi connectivity index (χ1v) is 19.5. The van der Waals surface area contributed by atoms with Crippen molar-refractivity contribution in [2.45, 2.75) is 19.3 Å². The van der Waals surface area contributed by atoms with Gasteiger partial charge in [-0.15, -0.1) is 0 Å². The van der Waals surface area contributed by atoms with Crippen molar-refractivity contribution in [2.75, 3.05) is 4.90 Å². The lowest BCUT2D eigenvalue weighted by Gasteiger charge is -2.29. The Labute approximate surface area is 329 Å². The fourth-order valence-corrected chi connectivity index (χ4v) is 8.99. The van der Waals surface area contributed by atoms with Crippen LogP contribution < -0.4 is 4.90 Å².